The Bertz CT molecular complexity index is 542. The summed E-state index contributed by atoms with van der Waals surface area (Å²) in [6.45, 7) is 5.07. The molecule has 1 aromatic heterocycles. The quantitative estimate of drug-likeness (QED) is 0.474. The summed E-state index contributed by atoms with van der Waals surface area (Å²) in [4.78, 5) is 8.55. The molecule has 0 aliphatic carbocycles. The van der Waals surface area contributed by atoms with Crippen molar-refractivity contribution in [2.45, 2.75) is 26.7 Å². The fourth-order valence-electron chi connectivity index (χ4n) is 1.88. The fourth-order valence-corrected chi connectivity index (χ4v) is 1.88. The van der Waals surface area contributed by atoms with Crippen LogP contribution in [0, 0.1) is 5.92 Å². The van der Waals surface area contributed by atoms with Crippen molar-refractivity contribution in [2.24, 2.45) is 11.8 Å². The monoisotopic (exact) mass is 260 g/mol. The maximum absolute atomic E-state index is 5.77. The van der Waals surface area contributed by atoms with E-state index >= 15 is 0 Å². The first-order chi connectivity index (χ1) is 9.20. The first-order valence-electron chi connectivity index (χ1n) is 6.57. The largest absolute Gasteiger partial charge is 0.477 e. The zero-order valence-corrected chi connectivity index (χ0v) is 11.4. The number of hydrazine groups is 1. The number of nitrogen functional groups attached to an aromatic ring is 1. The predicted molar refractivity (Wildman–Crippen MR) is 76.9 cm³/mol. The molecule has 2 rings (SSSR count). The molecule has 2 aromatic rings. The van der Waals surface area contributed by atoms with Gasteiger partial charge < -0.3 is 4.74 Å². The average Bonchev–Trinajstić information content (AvgIpc) is 2.42. The molecule has 1 aromatic carbocycles. The summed E-state index contributed by atoms with van der Waals surface area (Å²) >= 11 is 0. The molecule has 0 fully saturated rings. The Balaban J connectivity index is 2.16. The standard InChI is InChI=1S/C14H20N4O/c1-10(2)6-5-9-19-13-11-7-3-4-8-12(11)16-14(17-13)18-15/h3-4,7-8,10H,5-6,9,15H2,1-2H3,(H,16,17,18). The van der Waals surface area contributed by atoms with Gasteiger partial charge in [0.2, 0.25) is 11.8 Å². The number of nitrogens with one attached hydrogen (secondary N) is 1. The van der Waals surface area contributed by atoms with Crippen molar-refractivity contribution < 1.29 is 4.74 Å². The molecule has 3 N–H and O–H groups in total. The Morgan fingerprint density at radius 3 is 2.79 bits per heavy atom. The van der Waals surface area contributed by atoms with Crippen LogP contribution in [0.4, 0.5) is 5.95 Å². The molecule has 0 unspecified atom stereocenters. The molecule has 0 saturated heterocycles. The molecule has 19 heavy (non-hydrogen) atoms. The first kappa shape index (κ1) is 13.5. The molecule has 0 amide bonds. The van der Waals surface area contributed by atoms with Crippen LogP contribution in [0.25, 0.3) is 10.9 Å². The van der Waals surface area contributed by atoms with Gasteiger partial charge >= 0.3 is 0 Å². The van der Waals surface area contributed by atoms with Gasteiger partial charge in [0.05, 0.1) is 17.5 Å². The minimum absolute atomic E-state index is 0.373. The number of anilines is 1. The van der Waals surface area contributed by atoms with Crippen LogP contribution in [0.3, 0.4) is 0 Å². The Morgan fingerprint density at radius 1 is 1.26 bits per heavy atom. The van der Waals surface area contributed by atoms with Gasteiger partial charge in [0.1, 0.15) is 0 Å². The average molecular weight is 260 g/mol. The summed E-state index contributed by atoms with van der Waals surface area (Å²) in [5, 5.41) is 0.908. The highest BCUT2D eigenvalue weighted by Gasteiger charge is 2.07. The smallest absolute Gasteiger partial charge is 0.241 e. The topological polar surface area (TPSA) is 73.1 Å². The van der Waals surface area contributed by atoms with E-state index in [1.807, 2.05) is 24.3 Å². The van der Waals surface area contributed by atoms with Crippen molar-refractivity contribution >= 4 is 16.9 Å². The van der Waals surface area contributed by atoms with E-state index in [0.29, 0.717) is 24.4 Å². The summed E-state index contributed by atoms with van der Waals surface area (Å²) in [7, 11) is 0. The minimum atomic E-state index is 0.373. The van der Waals surface area contributed by atoms with Gasteiger partial charge in [-0.15, -0.1) is 0 Å². The number of rotatable bonds is 6. The number of hydrogen-bond donors (Lipinski definition) is 2. The lowest BCUT2D eigenvalue weighted by Gasteiger charge is -2.10. The van der Waals surface area contributed by atoms with E-state index < -0.39 is 0 Å². The number of nitrogens with zero attached hydrogens (tertiary/aromatic N) is 2. The molecule has 0 bridgehead atoms. The van der Waals surface area contributed by atoms with Crippen molar-refractivity contribution in [1.29, 1.82) is 0 Å². The van der Waals surface area contributed by atoms with Gasteiger partial charge in [-0.25, -0.2) is 10.8 Å². The molecule has 5 nitrogen and oxygen atoms in total. The van der Waals surface area contributed by atoms with Crippen LogP contribution in [-0.4, -0.2) is 16.6 Å². The summed E-state index contributed by atoms with van der Waals surface area (Å²) in [6.07, 6.45) is 2.16. The number of aromatic nitrogens is 2. The fraction of sp³-hybridized carbons (Fsp3) is 0.429. The molecule has 1 heterocycles. The van der Waals surface area contributed by atoms with Crippen molar-refractivity contribution in [1.82, 2.24) is 9.97 Å². The van der Waals surface area contributed by atoms with E-state index in [0.717, 1.165) is 23.7 Å². The van der Waals surface area contributed by atoms with E-state index in [9.17, 15) is 0 Å². The van der Waals surface area contributed by atoms with Crippen molar-refractivity contribution in [3.05, 3.63) is 24.3 Å². The van der Waals surface area contributed by atoms with E-state index in [-0.39, 0.29) is 0 Å². The molecular formula is C14H20N4O. The zero-order chi connectivity index (χ0) is 13.7. The maximum Gasteiger partial charge on any atom is 0.241 e. The van der Waals surface area contributed by atoms with E-state index in [2.05, 4.69) is 29.2 Å². The summed E-state index contributed by atoms with van der Waals surface area (Å²) in [5.74, 6) is 7.02. The number of hydrogen-bond acceptors (Lipinski definition) is 5. The highest BCUT2D eigenvalue weighted by Crippen LogP contribution is 2.23. The third-order valence-electron chi connectivity index (χ3n) is 2.86. The molecule has 0 saturated carbocycles. The van der Waals surface area contributed by atoms with Crippen LogP contribution in [0.15, 0.2) is 24.3 Å². The summed E-state index contributed by atoms with van der Waals surface area (Å²) < 4.78 is 5.77. The Hall–Kier alpha value is -1.88. The van der Waals surface area contributed by atoms with E-state index in [4.69, 9.17) is 10.6 Å². The Kier molecular flexibility index (Phi) is 4.52. The minimum Gasteiger partial charge on any atom is -0.477 e. The van der Waals surface area contributed by atoms with E-state index in [1.165, 1.54) is 0 Å². The van der Waals surface area contributed by atoms with Gasteiger partial charge in [0.15, 0.2) is 0 Å². The Labute approximate surface area is 113 Å². The van der Waals surface area contributed by atoms with Gasteiger partial charge in [-0.3, -0.25) is 5.43 Å². The van der Waals surface area contributed by atoms with Gasteiger partial charge in [-0.1, -0.05) is 26.0 Å². The van der Waals surface area contributed by atoms with Crippen molar-refractivity contribution in [3.63, 3.8) is 0 Å². The lowest BCUT2D eigenvalue weighted by Crippen LogP contribution is -2.11. The zero-order valence-electron chi connectivity index (χ0n) is 11.4. The Morgan fingerprint density at radius 2 is 2.05 bits per heavy atom. The van der Waals surface area contributed by atoms with Crippen LogP contribution in [0.2, 0.25) is 0 Å². The lowest BCUT2D eigenvalue weighted by molar-refractivity contribution is 0.291. The van der Waals surface area contributed by atoms with Crippen molar-refractivity contribution in [3.8, 4) is 5.88 Å². The third-order valence-corrected chi connectivity index (χ3v) is 2.86. The second-order valence-corrected chi connectivity index (χ2v) is 4.90. The molecule has 0 atom stereocenters. The molecule has 0 spiro atoms. The normalized spacial score (nSPS) is 10.9. The van der Waals surface area contributed by atoms with Crippen LogP contribution < -0.4 is 16.0 Å². The van der Waals surface area contributed by atoms with Gasteiger partial charge in [-0.2, -0.15) is 4.98 Å². The molecule has 0 aliphatic heterocycles. The second-order valence-electron chi connectivity index (χ2n) is 4.90. The van der Waals surface area contributed by atoms with Crippen LogP contribution in [0.5, 0.6) is 5.88 Å². The van der Waals surface area contributed by atoms with Crippen molar-refractivity contribution in [2.75, 3.05) is 12.0 Å². The van der Waals surface area contributed by atoms with E-state index in [1.54, 1.807) is 0 Å². The number of ether oxygens (including phenoxy) is 1. The number of fused-ring (bicyclic) bond motifs is 1. The number of para-hydroxylation sites is 1. The van der Waals surface area contributed by atoms with Gasteiger partial charge in [-0.05, 0) is 30.9 Å². The van der Waals surface area contributed by atoms with Gasteiger partial charge in [0, 0.05) is 0 Å². The lowest BCUT2D eigenvalue weighted by atomic mass is 10.1. The molecule has 5 heteroatoms. The predicted octanol–water partition coefficient (Wildman–Crippen LogP) is 2.73. The first-order valence-corrected chi connectivity index (χ1v) is 6.57. The maximum atomic E-state index is 5.77. The number of nitrogens with two attached hydrogens (primary N) is 1. The second kappa shape index (κ2) is 6.33. The highest BCUT2D eigenvalue weighted by atomic mass is 16.5. The molecule has 102 valence electrons. The van der Waals surface area contributed by atoms with Crippen LogP contribution in [0.1, 0.15) is 26.7 Å². The highest BCUT2D eigenvalue weighted by molar-refractivity contribution is 5.84. The summed E-state index contributed by atoms with van der Waals surface area (Å²) in [6, 6.07) is 7.74. The molecule has 0 aliphatic rings. The molecular weight excluding hydrogens is 240 g/mol. The summed E-state index contributed by atoms with van der Waals surface area (Å²) in [5.41, 5.74) is 3.29. The SMILES string of the molecule is CC(C)CCCOc1nc(NN)nc2ccccc12. The molecule has 0 radical (unpaired) electrons. The van der Waals surface area contributed by atoms with Crippen LogP contribution in [-0.2, 0) is 0 Å². The van der Waals surface area contributed by atoms with Crippen LogP contribution >= 0.6 is 0 Å². The third kappa shape index (κ3) is 3.54. The van der Waals surface area contributed by atoms with Gasteiger partial charge in [0.25, 0.3) is 0 Å². The number of benzene rings is 1.